The molecule has 1 N–H and O–H groups in total. The monoisotopic (exact) mass is 335 g/mol. The van der Waals surface area contributed by atoms with E-state index in [1.54, 1.807) is 21.9 Å². The van der Waals surface area contributed by atoms with E-state index in [0.29, 0.717) is 25.9 Å². The van der Waals surface area contributed by atoms with Crippen LogP contribution in [0.25, 0.3) is 0 Å². The van der Waals surface area contributed by atoms with Gasteiger partial charge in [0.1, 0.15) is 5.82 Å². The number of nitrogens with zero attached hydrogens (tertiary/aromatic N) is 2. The van der Waals surface area contributed by atoms with Crippen LogP contribution in [0.4, 0.5) is 14.9 Å². The van der Waals surface area contributed by atoms with Crippen LogP contribution in [0.1, 0.15) is 32.6 Å². The summed E-state index contributed by atoms with van der Waals surface area (Å²) in [6, 6.07) is 5.79. The number of unbranched alkanes of at least 4 members (excludes halogenated alkanes) is 1. The molecule has 0 spiro atoms. The summed E-state index contributed by atoms with van der Waals surface area (Å²) >= 11 is 0. The number of carbonyl (C=O) groups excluding carboxylic acids is 2. The van der Waals surface area contributed by atoms with Crippen LogP contribution in [0, 0.1) is 11.7 Å². The first-order valence-electron chi connectivity index (χ1n) is 8.58. The maximum Gasteiger partial charge on any atom is 0.321 e. The Hall–Kier alpha value is -2.11. The molecule has 1 aromatic rings. The quantitative estimate of drug-likeness (QED) is 0.897. The zero-order valence-corrected chi connectivity index (χ0v) is 14.4. The molecule has 0 bridgehead atoms. The summed E-state index contributed by atoms with van der Waals surface area (Å²) < 4.78 is 13.6. The molecule has 1 saturated heterocycles. The standard InChI is InChI=1S/C18H26FN3O2/c1-3-4-11-21(2)17(23)14-9-12-22(13-10-14)18(24)20-16-8-6-5-7-15(16)19/h5-8,14H,3-4,9-13H2,1-2H3,(H,20,24). The molecule has 1 heterocycles. The van der Waals surface area contributed by atoms with Crippen molar-refractivity contribution in [1.82, 2.24) is 9.80 Å². The number of nitrogens with one attached hydrogen (secondary N) is 1. The van der Waals surface area contributed by atoms with Crippen molar-refractivity contribution in [1.29, 1.82) is 0 Å². The second-order valence-electron chi connectivity index (χ2n) is 6.28. The molecule has 6 heteroatoms. The number of piperidine rings is 1. The Morgan fingerprint density at radius 2 is 1.96 bits per heavy atom. The average Bonchev–Trinajstić information content (AvgIpc) is 2.61. The minimum Gasteiger partial charge on any atom is -0.346 e. The number of likely N-dealkylation sites (tertiary alicyclic amines) is 1. The first kappa shape index (κ1) is 18.2. The third-order valence-electron chi connectivity index (χ3n) is 4.47. The minimum absolute atomic E-state index is 0.0237. The van der Waals surface area contributed by atoms with E-state index < -0.39 is 5.82 Å². The number of rotatable bonds is 5. The van der Waals surface area contributed by atoms with E-state index in [4.69, 9.17) is 0 Å². The number of benzene rings is 1. The van der Waals surface area contributed by atoms with E-state index in [-0.39, 0.29) is 23.5 Å². The van der Waals surface area contributed by atoms with Crippen LogP contribution in [-0.2, 0) is 4.79 Å². The van der Waals surface area contributed by atoms with Crippen LogP contribution in [0.2, 0.25) is 0 Å². The molecule has 3 amide bonds. The van der Waals surface area contributed by atoms with Crippen LogP contribution >= 0.6 is 0 Å². The summed E-state index contributed by atoms with van der Waals surface area (Å²) in [6.45, 7) is 3.91. The van der Waals surface area contributed by atoms with Gasteiger partial charge in [0.2, 0.25) is 5.91 Å². The zero-order chi connectivity index (χ0) is 17.5. The summed E-state index contributed by atoms with van der Waals surface area (Å²) in [6.07, 6.45) is 3.37. The summed E-state index contributed by atoms with van der Waals surface area (Å²) in [5, 5.41) is 2.59. The van der Waals surface area contributed by atoms with Crippen LogP contribution < -0.4 is 5.32 Å². The van der Waals surface area contributed by atoms with Crippen molar-refractivity contribution < 1.29 is 14.0 Å². The molecule has 0 unspecified atom stereocenters. The molecule has 1 fully saturated rings. The molecule has 0 aliphatic carbocycles. The lowest BCUT2D eigenvalue weighted by Crippen LogP contribution is -2.45. The highest BCUT2D eigenvalue weighted by molar-refractivity contribution is 5.89. The highest BCUT2D eigenvalue weighted by Crippen LogP contribution is 2.21. The minimum atomic E-state index is -0.450. The summed E-state index contributed by atoms with van der Waals surface area (Å²) in [4.78, 5) is 28.0. The lowest BCUT2D eigenvalue weighted by molar-refractivity contribution is -0.135. The Bertz CT molecular complexity index is 571. The lowest BCUT2D eigenvalue weighted by atomic mass is 9.95. The van der Waals surface area contributed by atoms with Crippen molar-refractivity contribution >= 4 is 17.6 Å². The molecular formula is C18H26FN3O2. The SMILES string of the molecule is CCCCN(C)C(=O)C1CCN(C(=O)Nc2ccccc2F)CC1. The first-order chi connectivity index (χ1) is 11.5. The first-order valence-corrected chi connectivity index (χ1v) is 8.58. The Balaban J connectivity index is 1.83. The number of amides is 3. The van der Waals surface area contributed by atoms with Gasteiger partial charge in [-0.05, 0) is 31.4 Å². The maximum absolute atomic E-state index is 13.6. The molecule has 1 aliphatic rings. The number of urea groups is 1. The van der Waals surface area contributed by atoms with Crippen molar-refractivity contribution in [2.45, 2.75) is 32.6 Å². The molecule has 24 heavy (non-hydrogen) atoms. The van der Waals surface area contributed by atoms with Gasteiger partial charge in [0, 0.05) is 32.6 Å². The van der Waals surface area contributed by atoms with Gasteiger partial charge in [0.25, 0.3) is 0 Å². The number of hydrogen-bond acceptors (Lipinski definition) is 2. The molecule has 0 radical (unpaired) electrons. The summed E-state index contributed by atoms with van der Waals surface area (Å²) in [7, 11) is 1.84. The topological polar surface area (TPSA) is 52.7 Å². The number of para-hydroxylation sites is 1. The Kier molecular flexibility index (Phi) is 6.58. The van der Waals surface area contributed by atoms with E-state index in [0.717, 1.165) is 19.4 Å². The predicted octanol–water partition coefficient (Wildman–Crippen LogP) is 3.33. The van der Waals surface area contributed by atoms with Crippen molar-refractivity contribution in [2.24, 2.45) is 5.92 Å². The fourth-order valence-corrected chi connectivity index (χ4v) is 2.90. The molecule has 1 aromatic carbocycles. The van der Waals surface area contributed by atoms with Crippen molar-refractivity contribution in [3.05, 3.63) is 30.1 Å². The molecule has 132 valence electrons. The van der Waals surface area contributed by atoms with Gasteiger partial charge in [-0.1, -0.05) is 25.5 Å². The van der Waals surface area contributed by atoms with Gasteiger partial charge in [-0.3, -0.25) is 4.79 Å². The van der Waals surface area contributed by atoms with E-state index in [1.165, 1.54) is 12.1 Å². The smallest absolute Gasteiger partial charge is 0.321 e. The van der Waals surface area contributed by atoms with Crippen LogP contribution in [0.5, 0.6) is 0 Å². The zero-order valence-electron chi connectivity index (χ0n) is 14.4. The van der Waals surface area contributed by atoms with Crippen molar-refractivity contribution in [3.63, 3.8) is 0 Å². The Labute approximate surface area is 142 Å². The third kappa shape index (κ3) is 4.69. The van der Waals surface area contributed by atoms with Gasteiger partial charge in [-0.15, -0.1) is 0 Å². The van der Waals surface area contributed by atoms with Crippen LogP contribution in [-0.4, -0.2) is 48.4 Å². The van der Waals surface area contributed by atoms with Crippen molar-refractivity contribution in [3.8, 4) is 0 Å². The third-order valence-corrected chi connectivity index (χ3v) is 4.47. The number of carbonyl (C=O) groups is 2. The Morgan fingerprint density at radius 3 is 2.58 bits per heavy atom. The molecular weight excluding hydrogens is 309 g/mol. The van der Waals surface area contributed by atoms with Gasteiger partial charge >= 0.3 is 6.03 Å². The second-order valence-corrected chi connectivity index (χ2v) is 6.28. The van der Waals surface area contributed by atoms with Gasteiger partial charge in [-0.2, -0.15) is 0 Å². The molecule has 1 aliphatic heterocycles. The fraction of sp³-hybridized carbons (Fsp3) is 0.556. The molecule has 0 atom stereocenters. The molecule has 5 nitrogen and oxygen atoms in total. The second kappa shape index (κ2) is 8.66. The van der Waals surface area contributed by atoms with E-state index in [2.05, 4.69) is 12.2 Å². The predicted molar refractivity (Wildman–Crippen MR) is 92.3 cm³/mol. The van der Waals surface area contributed by atoms with Crippen LogP contribution in [0.15, 0.2) is 24.3 Å². The fourth-order valence-electron chi connectivity index (χ4n) is 2.90. The van der Waals surface area contributed by atoms with Crippen molar-refractivity contribution in [2.75, 3.05) is 32.0 Å². The van der Waals surface area contributed by atoms with E-state index in [1.807, 2.05) is 7.05 Å². The van der Waals surface area contributed by atoms with E-state index in [9.17, 15) is 14.0 Å². The molecule has 0 aromatic heterocycles. The largest absolute Gasteiger partial charge is 0.346 e. The average molecular weight is 335 g/mol. The van der Waals surface area contributed by atoms with Gasteiger partial charge < -0.3 is 15.1 Å². The summed E-state index contributed by atoms with van der Waals surface area (Å²) in [5.74, 6) is -0.310. The lowest BCUT2D eigenvalue weighted by Gasteiger charge is -2.33. The van der Waals surface area contributed by atoms with E-state index >= 15 is 0 Å². The molecule has 0 saturated carbocycles. The van der Waals surface area contributed by atoms with Gasteiger partial charge in [0.15, 0.2) is 0 Å². The highest BCUT2D eigenvalue weighted by atomic mass is 19.1. The highest BCUT2D eigenvalue weighted by Gasteiger charge is 2.29. The number of halogens is 1. The summed E-state index contributed by atoms with van der Waals surface area (Å²) in [5.41, 5.74) is 0.181. The maximum atomic E-state index is 13.6. The number of anilines is 1. The number of hydrogen-bond donors (Lipinski definition) is 1. The van der Waals surface area contributed by atoms with Crippen LogP contribution in [0.3, 0.4) is 0 Å². The van der Waals surface area contributed by atoms with Gasteiger partial charge in [-0.25, -0.2) is 9.18 Å². The molecule has 2 rings (SSSR count). The Morgan fingerprint density at radius 1 is 1.29 bits per heavy atom. The normalized spacial score (nSPS) is 15.2. The van der Waals surface area contributed by atoms with Gasteiger partial charge in [0.05, 0.1) is 5.69 Å².